The average molecular weight is 749 g/mol. The fraction of sp³-hybridized carbons (Fsp3) is 0.113. The lowest BCUT2D eigenvalue weighted by molar-refractivity contribution is 1.25. The van der Waals surface area contributed by atoms with Gasteiger partial charge >= 0.3 is 0 Å². The minimum absolute atomic E-state index is 0.118. The van der Waals surface area contributed by atoms with Crippen molar-refractivity contribution in [2.24, 2.45) is 0 Å². The van der Waals surface area contributed by atoms with Crippen molar-refractivity contribution in [1.29, 1.82) is 0 Å². The second-order valence-corrected chi connectivity index (χ2v) is 17.5. The van der Waals surface area contributed by atoms with Gasteiger partial charge in [-0.25, -0.2) is 4.98 Å². The first kappa shape index (κ1) is 34.1. The summed E-state index contributed by atoms with van der Waals surface area (Å²) < 4.78 is 4.94. The molecule has 0 saturated carbocycles. The van der Waals surface area contributed by atoms with Crippen molar-refractivity contribution in [3.63, 3.8) is 0 Å². The molecule has 57 heavy (non-hydrogen) atoms. The zero-order valence-electron chi connectivity index (χ0n) is 33.2. The van der Waals surface area contributed by atoms with Crippen molar-refractivity contribution >= 4 is 104 Å². The van der Waals surface area contributed by atoms with Gasteiger partial charge in [0.05, 0.1) is 21.4 Å². The van der Waals surface area contributed by atoms with E-state index in [2.05, 4.69) is 185 Å². The van der Waals surface area contributed by atoms with Crippen LogP contribution in [-0.2, 0) is 0 Å². The number of hydrogen-bond donors (Lipinski definition) is 0. The monoisotopic (exact) mass is 748 g/mol. The van der Waals surface area contributed by atoms with Gasteiger partial charge in [-0.15, -0.1) is 11.3 Å². The van der Waals surface area contributed by atoms with Crippen molar-refractivity contribution in [3.8, 4) is 11.3 Å². The Kier molecular flexibility index (Phi) is 7.55. The molecule has 0 spiro atoms. The molecular weight excluding hydrogens is 707 g/mol. The fourth-order valence-electron chi connectivity index (χ4n) is 10.1. The minimum Gasteiger partial charge on any atom is -0.291 e. The maximum atomic E-state index is 5.48. The Hall–Kier alpha value is -6.23. The molecule has 3 aromatic heterocycles. The van der Waals surface area contributed by atoms with Crippen LogP contribution in [0.15, 0.2) is 140 Å². The highest BCUT2D eigenvalue weighted by molar-refractivity contribution is 7.26. The Morgan fingerprint density at radius 3 is 1.60 bits per heavy atom. The van der Waals surface area contributed by atoms with Crippen LogP contribution in [0.2, 0.25) is 0 Å². The number of hydrogen-bond acceptors (Lipinski definition) is 2. The zero-order valence-corrected chi connectivity index (χ0v) is 34.0. The molecule has 0 amide bonds. The molecule has 0 aliphatic rings. The number of aromatic nitrogens is 2. The summed E-state index contributed by atoms with van der Waals surface area (Å²) in [6.07, 6.45) is 0. The molecule has 0 saturated heterocycles. The quantitative estimate of drug-likeness (QED) is 0.129. The van der Waals surface area contributed by atoms with E-state index in [4.69, 9.17) is 4.98 Å². The molecule has 0 aliphatic heterocycles. The molecule has 11 aromatic rings. The Balaban J connectivity index is 1.18. The van der Waals surface area contributed by atoms with Crippen LogP contribution in [0.5, 0.6) is 0 Å². The average Bonchev–Trinajstić information content (AvgIpc) is 3.74. The van der Waals surface area contributed by atoms with E-state index in [9.17, 15) is 0 Å². The highest BCUT2D eigenvalue weighted by atomic mass is 32.1. The summed E-state index contributed by atoms with van der Waals surface area (Å²) in [7, 11) is 0. The van der Waals surface area contributed by atoms with Crippen LogP contribution in [-0.4, -0.2) is 16.1 Å². The van der Waals surface area contributed by atoms with Gasteiger partial charge in [-0.1, -0.05) is 147 Å². The van der Waals surface area contributed by atoms with Crippen LogP contribution in [0.4, 0.5) is 0 Å². The van der Waals surface area contributed by atoms with Crippen LogP contribution >= 0.6 is 11.3 Å². The van der Waals surface area contributed by atoms with Crippen molar-refractivity contribution in [2.75, 3.05) is 0 Å². The van der Waals surface area contributed by atoms with Gasteiger partial charge in [-0.2, -0.15) is 0 Å². The molecule has 3 heterocycles. The lowest BCUT2D eigenvalue weighted by Crippen LogP contribution is -2.55. The zero-order chi connectivity index (χ0) is 38.7. The van der Waals surface area contributed by atoms with Crippen LogP contribution in [0.1, 0.15) is 33.4 Å². The normalized spacial score (nSPS) is 12.0. The SMILES string of the molecule is Cc1cc(C)c(B(c2ccc(-c3cc4c5cc6ccccc6cc5sc4c4nc5cc6cc7ccccc7cc6cc5n34)cc2)c2c(C)cc(C)cc2C)c(C)c1. The molecule has 4 heteroatoms. The summed E-state index contributed by atoms with van der Waals surface area (Å²) >= 11 is 1.86. The number of fused-ring (bicyclic) bond motifs is 10. The highest BCUT2D eigenvalue weighted by Crippen LogP contribution is 2.42. The molecule has 0 bridgehead atoms. The number of aryl methyl sites for hydroxylation is 6. The molecule has 8 aromatic carbocycles. The second kappa shape index (κ2) is 12.6. The van der Waals surface area contributed by atoms with E-state index >= 15 is 0 Å². The predicted molar refractivity (Wildman–Crippen MR) is 250 cm³/mol. The van der Waals surface area contributed by atoms with Gasteiger partial charge in [-0.05, 0) is 122 Å². The number of rotatable bonds is 4. The van der Waals surface area contributed by atoms with E-state index in [1.54, 1.807) is 0 Å². The molecule has 2 nitrogen and oxygen atoms in total. The molecular formula is C53H41BN2S. The van der Waals surface area contributed by atoms with Gasteiger partial charge in [0, 0.05) is 15.5 Å². The molecule has 0 radical (unpaired) electrons. The molecule has 0 aliphatic carbocycles. The van der Waals surface area contributed by atoms with E-state index < -0.39 is 0 Å². The van der Waals surface area contributed by atoms with Gasteiger partial charge in [0.15, 0.2) is 5.65 Å². The Morgan fingerprint density at radius 2 is 1.02 bits per heavy atom. The number of imidazole rings is 1. The molecule has 0 N–H and O–H groups in total. The Labute approximate surface area is 337 Å². The minimum atomic E-state index is 0.118. The molecule has 0 fully saturated rings. The lowest BCUT2D eigenvalue weighted by atomic mass is 9.34. The summed E-state index contributed by atoms with van der Waals surface area (Å²) in [5.74, 6) is 0. The van der Waals surface area contributed by atoms with Gasteiger partial charge in [0.1, 0.15) is 0 Å². The van der Waals surface area contributed by atoms with Crippen LogP contribution in [0.3, 0.4) is 0 Å². The van der Waals surface area contributed by atoms with Gasteiger partial charge in [-0.3, -0.25) is 4.40 Å². The van der Waals surface area contributed by atoms with Gasteiger partial charge in [0.2, 0.25) is 6.71 Å². The largest absolute Gasteiger partial charge is 0.291 e. The first-order chi connectivity index (χ1) is 27.7. The molecule has 272 valence electrons. The van der Waals surface area contributed by atoms with Crippen LogP contribution in [0, 0.1) is 41.5 Å². The summed E-state index contributed by atoms with van der Waals surface area (Å²) in [5, 5.41) is 10.0. The third kappa shape index (κ3) is 5.35. The number of thiophene rings is 1. The molecule has 0 atom stereocenters. The first-order valence-corrected chi connectivity index (χ1v) is 20.8. The number of nitrogens with zero attached hydrogens (tertiary/aromatic N) is 2. The van der Waals surface area contributed by atoms with E-state index in [0.29, 0.717) is 0 Å². The third-order valence-electron chi connectivity index (χ3n) is 12.4. The van der Waals surface area contributed by atoms with Gasteiger partial charge < -0.3 is 0 Å². The van der Waals surface area contributed by atoms with E-state index in [1.807, 2.05) is 11.3 Å². The predicted octanol–water partition coefficient (Wildman–Crippen LogP) is 12.3. The van der Waals surface area contributed by atoms with Crippen molar-refractivity contribution in [1.82, 2.24) is 9.38 Å². The number of benzene rings is 8. The maximum Gasteiger partial charge on any atom is 0.242 e. The first-order valence-electron chi connectivity index (χ1n) is 20.0. The maximum absolute atomic E-state index is 5.48. The molecule has 0 unspecified atom stereocenters. The summed E-state index contributed by atoms with van der Waals surface area (Å²) in [6.45, 7) is 13.7. The summed E-state index contributed by atoms with van der Waals surface area (Å²) in [4.78, 5) is 5.48. The lowest BCUT2D eigenvalue weighted by Gasteiger charge is -2.25. The molecule has 11 rings (SSSR count). The van der Waals surface area contributed by atoms with E-state index in [0.717, 1.165) is 22.4 Å². The Bertz CT molecular complexity index is 3360. The second-order valence-electron chi connectivity index (χ2n) is 16.4. The Morgan fingerprint density at radius 1 is 0.491 bits per heavy atom. The van der Waals surface area contributed by atoms with Gasteiger partial charge in [0.25, 0.3) is 0 Å². The van der Waals surface area contributed by atoms with Crippen LogP contribution in [0.25, 0.3) is 80.4 Å². The smallest absolute Gasteiger partial charge is 0.242 e. The van der Waals surface area contributed by atoms with E-state index in [1.165, 1.54) is 108 Å². The van der Waals surface area contributed by atoms with Crippen molar-refractivity contribution < 1.29 is 0 Å². The van der Waals surface area contributed by atoms with Crippen molar-refractivity contribution in [3.05, 3.63) is 173 Å². The highest BCUT2D eigenvalue weighted by Gasteiger charge is 2.29. The fourth-order valence-corrected chi connectivity index (χ4v) is 11.2. The summed E-state index contributed by atoms with van der Waals surface area (Å²) in [5.41, 5.74) is 17.6. The van der Waals surface area contributed by atoms with E-state index in [-0.39, 0.29) is 6.71 Å². The number of pyridine rings is 1. The standard InChI is InChI=1S/C53H41BN2S/c1-30-19-32(3)50(33(4)20-30)54(51-34(5)21-31(2)22-35(51)6)43-17-15-36(16-18-43)47-29-45-44-25-39-13-9-10-14-40(39)28-49(44)57-52(45)53-55-46-26-41-23-37-11-7-8-12-38(37)24-42(41)27-48(46)56(47)53/h7-29H,1-6H3. The summed E-state index contributed by atoms with van der Waals surface area (Å²) in [6, 6.07) is 52.6. The van der Waals surface area contributed by atoms with Crippen LogP contribution < -0.4 is 16.4 Å². The topological polar surface area (TPSA) is 17.3 Å². The van der Waals surface area contributed by atoms with Crippen molar-refractivity contribution in [2.45, 2.75) is 41.5 Å². The third-order valence-corrected chi connectivity index (χ3v) is 13.6.